The van der Waals surface area contributed by atoms with Crippen LogP contribution in [0.5, 0.6) is 5.75 Å². The van der Waals surface area contributed by atoms with Crippen LogP contribution in [0, 0.1) is 5.82 Å². The molecule has 2 amide bonds. The molecule has 3 aromatic rings. The fraction of sp³-hybridized carbons (Fsp3) is 0.182. The first-order valence-electron chi connectivity index (χ1n) is 9.09. The predicted octanol–water partition coefficient (Wildman–Crippen LogP) is 3.85. The molecule has 3 rings (SSSR count). The van der Waals surface area contributed by atoms with Crippen LogP contribution in [-0.2, 0) is 16.1 Å². The summed E-state index contributed by atoms with van der Waals surface area (Å²) in [6.07, 6.45) is 0.625. The Bertz CT molecular complexity index is 927. The number of furan rings is 1. The molecule has 0 spiro atoms. The molecular weight excluding hydrogens is 375 g/mol. The molecule has 7 heteroatoms. The van der Waals surface area contributed by atoms with Crippen LogP contribution in [-0.4, -0.2) is 29.4 Å². The van der Waals surface area contributed by atoms with E-state index < -0.39 is 17.8 Å². The van der Waals surface area contributed by atoms with E-state index in [2.05, 4.69) is 5.32 Å². The minimum atomic E-state index is -0.875. The molecule has 6 nitrogen and oxygen atoms in total. The van der Waals surface area contributed by atoms with Gasteiger partial charge in [-0.2, -0.15) is 0 Å². The van der Waals surface area contributed by atoms with Crippen LogP contribution in [0.4, 0.5) is 10.1 Å². The van der Waals surface area contributed by atoms with Gasteiger partial charge in [-0.3, -0.25) is 9.59 Å². The lowest BCUT2D eigenvalue weighted by molar-refractivity contribution is -0.141. The first-order chi connectivity index (χ1) is 14.0. The van der Waals surface area contributed by atoms with Crippen LogP contribution < -0.4 is 10.1 Å². The van der Waals surface area contributed by atoms with Crippen molar-refractivity contribution in [1.29, 1.82) is 0 Å². The van der Waals surface area contributed by atoms with Crippen molar-refractivity contribution in [2.75, 3.05) is 11.9 Å². The molecule has 0 fully saturated rings. The van der Waals surface area contributed by atoms with Crippen molar-refractivity contribution in [2.45, 2.75) is 19.6 Å². The van der Waals surface area contributed by atoms with Gasteiger partial charge in [-0.05, 0) is 55.5 Å². The molecule has 0 bridgehead atoms. The highest BCUT2D eigenvalue weighted by Gasteiger charge is 2.25. The van der Waals surface area contributed by atoms with Gasteiger partial charge in [0.1, 0.15) is 23.9 Å². The number of carbonyl (C=O) groups excluding carboxylic acids is 2. The normalized spacial score (nSPS) is 11.5. The van der Waals surface area contributed by atoms with Gasteiger partial charge in [-0.15, -0.1) is 0 Å². The molecule has 29 heavy (non-hydrogen) atoms. The Morgan fingerprint density at radius 1 is 1.07 bits per heavy atom. The van der Waals surface area contributed by atoms with E-state index in [4.69, 9.17) is 9.15 Å². The topological polar surface area (TPSA) is 71.8 Å². The number of amides is 2. The minimum absolute atomic E-state index is 0.116. The quantitative estimate of drug-likeness (QED) is 0.628. The van der Waals surface area contributed by atoms with Crippen LogP contribution in [0.15, 0.2) is 77.4 Å². The first-order valence-corrected chi connectivity index (χ1v) is 9.09. The van der Waals surface area contributed by atoms with E-state index >= 15 is 0 Å². The molecule has 0 radical (unpaired) electrons. The smallest absolute Gasteiger partial charge is 0.264 e. The van der Waals surface area contributed by atoms with Crippen molar-refractivity contribution < 1.29 is 23.1 Å². The highest BCUT2D eigenvalue weighted by atomic mass is 19.1. The summed E-state index contributed by atoms with van der Waals surface area (Å²) in [6, 6.07) is 17.8. The van der Waals surface area contributed by atoms with Crippen LogP contribution in [0.3, 0.4) is 0 Å². The van der Waals surface area contributed by atoms with Gasteiger partial charge in [0.2, 0.25) is 5.91 Å². The maximum absolute atomic E-state index is 13.1. The summed E-state index contributed by atoms with van der Waals surface area (Å²) < 4.78 is 24.0. The largest absolute Gasteiger partial charge is 0.481 e. The Labute approximate surface area is 167 Å². The predicted molar refractivity (Wildman–Crippen MR) is 106 cm³/mol. The SMILES string of the molecule is CC(Oc1ccc(F)cc1)C(=O)N(CC(=O)Nc1ccccc1)Cc1ccco1. The summed E-state index contributed by atoms with van der Waals surface area (Å²) >= 11 is 0. The number of halogens is 1. The molecule has 0 aliphatic carbocycles. The van der Waals surface area contributed by atoms with Crippen molar-refractivity contribution in [3.05, 3.63) is 84.6 Å². The van der Waals surface area contributed by atoms with E-state index in [9.17, 15) is 14.0 Å². The number of hydrogen-bond donors (Lipinski definition) is 1. The van der Waals surface area contributed by atoms with E-state index in [1.165, 1.54) is 35.4 Å². The average molecular weight is 396 g/mol. The van der Waals surface area contributed by atoms with Crippen molar-refractivity contribution in [3.63, 3.8) is 0 Å². The Hall–Kier alpha value is -3.61. The van der Waals surface area contributed by atoms with Gasteiger partial charge >= 0.3 is 0 Å². The van der Waals surface area contributed by atoms with Gasteiger partial charge in [0, 0.05) is 5.69 Å². The van der Waals surface area contributed by atoms with Crippen molar-refractivity contribution in [1.82, 2.24) is 4.90 Å². The third-order valence-corrected chi connectivity index (χ3v) is 4.10. The Morgan fingerprint density at radius 3 is 2.45 bits per heavy atom. The third kappa shape index (κ3) is 5.93. The van der Waals surface area contributed by atoms with E-state index in [0.717, 1.165) is 0 Å². The molecule has 1 heterocycles. The van der Waals surface area contributed by atoms with Gasteiger partial charge in [0.05, 0.1) is 12.8 Å². The van der Waals surface area contributed by atoms with Crippen molar-refractivity contribution in [2.24, 2.45) is 0 Å². The third-order valence-electron chi connectivity index (χ3n) is 4.10. The molecule has 0 aliphatic rings. The Morgan fingerprint density at radius 2 is 1.79 bits per heavy atom. The number of anilines is 1. The summed E-state index contributed by atoms with van der Waals surface area (Å²) in [6.45, 7) is 1.52. The number of nitrogens with one attached hydrogen (secondary N) is 1. The van der Waals surface area contributed by atoms with Crippen LogP contribution in [0.25, 0.3) is 0 Å². The molecule has 0 saturated carbocycles. The number of para-hydroxylation sites is 1. The fourth-order valence-corrected chi connectivity index (χ4v) is 2.72. The second-order valence-corrected chi connectivity index (χ2v) is 6.40. The zero-order valence-corrected chi connectivity index (χ0v) is 15.9. The van der Waals surface area contributed by atoms with Crippen LogP contribution in [0.1, 0.15) is 12.7 Å². The molecule has 0 saturated heterocycles. The standard InChI is InChI=1S/C22H21FN2O4/c1-16(29-19-11-9-17(23)10-12-19)22(27)25(14-20-8-5-13-28-20)15-21(26)24-18-6-3-2-4-7-18/h2-13,16H,14-15H2,1H3,(H,24,26). The van der Waals surface area contributed by atoms with E-state index in [1.807, 2.05) is 6.07 Å². The average Bonchev–Trinajstić information content (AvgIpc) is 3.22. The van der Waals surface area contributed by atoms with Crippen molar-refractivity contribution in [3.8, 4) is 5.75 Å². The zero-order valence-electron chi connectivity index (χ0n) is 15.9. The van der Waals surface area contributed by atoms with E-state index in [-0.39, 0.29) is 19.0 Å². The second kappa shape index (κ2) is 9.54. The lowest BCUT2D eigenvalue weighted by atomic mass is 10.2. The second-order valence-electron chi connectivity index (χ2n) is 6.40. The number of carbonyl (C=O) groups is 2. The summed E-state index contributed by atoms with van der Waals surface area (Å²) in [5.74, 6) is -0.230. The number of nitrogens with zero attached hydrogens (tertiary/aromatic N) is 1. The monoisotopic (exact) mass is 396 g/mol. The lowest BCUT2D eigenvalue weighted by Gasteiger charge is -2.25. The molecule has 150 valence electrons. The number of benzene rings is 2. The summed E-state index contributed by atoms with van der Waals surface area (Å²) in [5, 5.41) is 2.76. The fourth-order valence-electron chi connectivity index (χ4n) is 2.72. The van der Waals surface area contributed by atoms with Crippen LogP contribution in [0.2, 0.25) is 0 Å². The minimum Gasteiger partial charge on any atom is -0.481 e. The summed E-state index contributed by atoms with van der Waals surface area (Å²) in [4.78, 5) is 26.7. The number of rotatable bonds is 8. The zero-order chi connectivity index (χ0) is 20.6. The Kier molecular flexibility index (Phi) is 6.63. The van der Waals surface area contributed by atoms with Gasteiger partial charge in [-0.1, -0.05) is 18.2 Å². The van der Waals surface area contributed by atoms with Crippen LogP contribution >= 0.6 is 0 Å². The maximum Gasteiger partial charge on any atom is 0.264 e. The van der Waals surface area contributed by atoms with Gasteiger partial charge in [0.15, 0.2) is 6.10 Å². The maximum atomic E-state index is 13.1. The Balaban J connectivity index is 1.68. The van der Waals surface area contributed by atoms with Gasteiger partial charge in [0.25, 0.3) is 5.91 Å². The van der Waals surface area contributed by atoms with Crippen molar-refractivity contribution >= 4 is 17.5 Å². The summed E-state index contributed by atoms with van der Waals surface area (Å²) in [7, 11) is 0. The molecule has 1 unspecified atom stereocenters. The first kappa shape index (κ1) is 20.1. The summed E-state index contributed by atoms with van der Waals surface area (Å²) in [5.41, 5.74) is 0.638. The molecule has 2 aromatic carbocycles. The molecular formula is C22H21FN2O4. The highest BCUT2D eigenvalue weighted by molar-refractivity contribution is 5.95. The number of ether oxygens (including phenoxy) is 1. The molecule has 1 aromatic heterocycles. The van der Waals surface area contributed by atoms with Gasteiger partial charge < -0.3 is 19.4 Å². The highest BCUT2D eigenvalue weighted by Crippen LogP contribution is 2.15. The van der Waals surface area contributed by atoms with E-state index in [0.29, 0.717) is 17.2 Å². The lowest BCUT2D eigenvalue weighted by Crippen LogP contribution is -2.43. The van der Waals surface area contributed by atoms with E-state index in [1.54, 1.807) is 43.3 Å². The van der Waals surface area contributed by atoms with Gasteiger partial charge in [-0.25, -0.2) is 4.39 Å². The molecule has 0 aliphatic heterocycles. The molecule has 1 N–H and O–H groups in total. The molecule has 1 atom stereocenters. The number of hydrogen-bond acceptors (Lipinski definition) is 4.